The third-order valence-electron chi connectivity index (χ3n) is 16.0. The molecule has 56 heavy (non-hydrogen) atoms. The van der Waals surface area contributed by atoms with Gasteiger partial charge in [-0.3, -0.25) is 19.3 Å². The minimum absolute atomic E-state index is 0.0107. The van der Waals surface area contributed by atoms with Gasteiger partial charge in [0.05, 0.1) is 35.1 Å². The van der Waals surface area contributed by atoms with E-state index in [0.717, 1.165) is 6.42 Å². The number of hydrogen-bond acceptors (Lipinski definition) is 15. The Hall–Kier alpha value is -2.40. The Morgan fingerprint density at radius 1 is 0.929 bits per heavy atom. The number of ether oxygens (including phenoxy) is 5. The van der Waals surface area contributed by atoms with Crippen LogP contribution in [0.4, 0.5) is 0 Å². The van der Waals surface area contributed by atoms with Crippen molar-refractivity contribution in [1.82, 2.24) is 4.90 Å². The first-order valence-electron chi connectivity index (χ1n) is 20.7. The summed E-state index contributed by atoms with van der Waals surface area (Å²) in [5, 5.41) is 62.9. The molecular formula is C41H63NO14. The van der Waals surface area contributed by atoms with Crippen molar-refractivity contribution < 1.29 is 68.4 Å². The van der Waals surface area contributed by atoms with E-state index in [1.807, 2.05) is 13.8 Å². The lowest BCUT2D eigenvalue weighted by Gasteiger charge is -2.64. The van der Waals surface area contributed by atoms with Crippen molar-refractivity contribution in [1.29, 1.82) is 0 Å². The van der Waals surface area contributed by atoms with Gasteiger partial charge in [-0.05, 0) is 76.5 Å². The van der Waals surface area contributed by atoms with Crippen LogP contribution in [0.5, 0.6) is 0 Å². The smallest absolute Gasteiger partial charge is 0.338 e. The van der Waals surface area contributed by atoms with Crippen molar-refractivity contribution >= 4 is 23.9 Å². The Bertz CT molecular complexity index is 1620. The average Bonchev–Trinajstić information content (AvgIpc) is 3.40. The van der Waals surface area contributed by atoms with E-state index in [-0.39, 0.29) is 31.7 Å². The van der Waals surface area contributed by atoms with Gasteiger partial charge in [-0.2, -0.15) is 0 Å². The minimum Gasteiger partial charge on any atom is -0.458 e. The molecule has 316 valence electrons. The molecule has 4 saturated carbocycles. The molecule has 3 aliphatic heterocycles. The quantitative estimate of drug-likeness (QED) is 0.174. The molecule has 4 bridgehead atoms. The number of nitrogens with zero attached hydrogens (tertiary/aromatic N) is 1. The Morgan fingerprint density at radius 2 is 1.55 bits per heavy atom. The van der Waals surface area contributed by atoms with Gasteiger partial charge in [-0.15, -0.1) is 0 Å². The van der Waals surface area contributed by atoms with E-state index in [1.165, 1.54) is 20.8 Å². The number of aliphatic hydroxyl groups is 5. The summed E-state index contributed by atoms with van der Waals surface area (Å²) in [4.78, 5) is 55.6. The van der Waals surface area contributed by atoms with E-state index in [2.05, 4.69) is 11.8 Å². The number of carbonyl (C=O) groups excluding carboxylic acids is 4. The lowest BCUT2D eigenvalue weighted by Crippen LogP contribution is -2.78. The normalized spacial score (nSPS) is 50.5. The summed E-state index contributed by atoms with van der Waals surface area (Å²) in [6.07, 6.45) is -5.31. The predicted octanol–water partition coefficient (Wildman–Crippen LogP) is 1.61. The van der Waals surface area contributed by atoms with Gasteiger partial charge in [0.2, 0.25) is 5.79 Å². The lowest BCUT2D eigenvalue weighted by atomic mass is 9.48. The van der Waals surface area contributed by atoms with Crippen molar-refractivity contribution in [3.63, 3.8) is 0 Å². The largest absolute Gasteiger partial charge is 0.458 e. The van der Waals surface area contributed by atoms with Gasteiger partial charge in [0.25, 0.3) is 0 Å². The first-order valence-corrected chi connectivity index (χ1v) is 20.7. The fraction of sp³-hybridized carbons (Fsp3) is 0.902. The van der Waals surface area contributed by atoms with Crippen LogP contribution in [-0.4, -0.2) is 132 Å². The van der Waals surface area contributed by atoms with E-state index in [9.17, 15) is 44.7 Å². The Labute approximate surface area is 328 Å². The van der Waals surface area contributed by atoms with E-state index in [1.54, 1.807) is 20.8 Å². The second-order valence-electron chi connectivity index (χ2n) is 19.2. The second kappa shape index (κ2) is 13.6. The number of carbonyl (C=O) groups is 4. The van der Waals surface area contributed by atoms with Crippen molar-refractivity contribution in [3.8, 4) is 0 Å². The van der Waals surface area contributed by atoms with Crippen LogP contribution in [0, 0.1) is 46.8 Å². The van der Waals surface area contributed by atoms with Crippen LogP contribution in [0.25, 0.3) is 0 Å². The van der Waals surface area contributed by atoms with Gasteiger partial charge >= 0.3 is 23.9 Å². The van der Waals surface area contributed by atoms with E-state index >= 15 is 0 Å². The molecule has 3 saturated heterocycles. The first kappa shape index (κ1) is 41.7. The zero-order chi connectivity index (χ0) is 41.3. The highest BCUT2D eigenvalue weighted by molar-refractivity contribution is 5.79. The molecule has 0 amide bonds. The Morgan fingerprint density at radius 3 is 2.14 bits per heavy atom. The molecule has 0 radical (unpaired) electrons. The molecule has 5 N–H and O–H groups in total. The molecule has 4 aliphatic carbocycles. The summed E-state index contributed by atoms with van der Waals surface area (Å²) in [5.74, 6) is -10.8. The molecule has 0 aromatic carbocycles. The van der Waals surface area contributed by atoms with Crippen LogP contribution in [-0.2, 0) is 42.9 Å². The van der Waals surface area contributed by atoms with Gasteiger partial charge in [0, 0.05) is 44.3 Å². The molecule has 3 heterocycles. The number of fused-ring (bicyclic) bond motifs is 5. The number of aliphatic hydroxyl groups excluding tert-OH is 1. The van der Waals surface area contributed by atoms with Gasteiger partial charge in [-0.1, -0.05) is 34.6 Å². The maximum atomic E-state index is 13.9. The van der Waals surface area contributed by atoms with Crippen molar-refractivity contribution in [3.05, 3.63) is 0 Å². The fourth-order valence-corrected chi connectivity index (χ4v) is 13.1. The molecule has 15 nitrogen and oxygen atoms in total. The molecule has 7 aliphatic rings. The summed E-state index contributed by atoms with van der Waals surface area (Å²) in [7, 11) is 0. The maximum absolute atomic E-state index is 13.9. The zero-order valence-corrected chi connectivity index (χ0v) is 34.2. The Balaban J connectivity index is 1.45. The zero-order valence-electron chi connectivity index (χ0n) is 34.2. The predicted molar refractivity (Wildman–Crippen MR) is 195 cm³/mol. The SMILES string of the molecule is CC[C@@H](C)C(=O)O[C@H]1[C@H](O)[C@H]2[C@@H](CN3C[C@@H](C)CC[C@H]3[C@@]2(C)O)[C@@H]2CC34O[C@]5(O)[C@@H](OC(=O)[C@@](C)(O)CC)CC[C@@]3(C)[C@@H]5[C@@H](OC(C)=O)[C@@H](OC(C)=O)[C@H]4[C@@]21O. The molecule has 7 rings (SSSR count). The van der Waals surface area contributed by atoms with E-state index in [4.69, 9.17) is 23.7 Å². The van der Waals surface area contributed by atoms with Crippen LogP contribution in [0.15, 0.2) is 0 Å². The molecule has 1 spiro atoms. The van der Waals surface area contributed by atoms with Gasteiger partial charge in [0.1, 0.15) is 17.8 Å². The van der Waals surface area contributed by atoms with Gasteiger partial charge < -0.3 is 49.2 Å². The van der Waals surface area contributed by atoms with Crippen molar-refractivity contribution in [2.75, 3.05) is 13.1 Å². The van der Waals surface area contributed by atoms with Crippen LogP contribution in [0.1, 0.15) is 107 Å². The maximum Gasteiger partial charge on any atom is 0.338 e. The summed E-state index contributed by atoms with van der Waals surface area (Å²) < 4.78 is 31.3. The standard InChI is InChI=1S/C41H63NO14/c1-10-20(4)34(46)55-33-28(45)27-23(18-42-17-19(3)12-13-25(42)38(27,9)49)24-16-39-32(40(24,33)50)30(53-22(6)44)29(52-21(5)43)31-36(39,7)15-14-26(41(31,51)56-39)54-35(47)37(8,48)11-2/h19-20,23-33,45,48-51H,10-18H2,1-9H3/t19-,20+,23-,24-,25-,26-,27+,28+,29-,30+,31-,32+,33-,36-,37-,38+,39?,40-,41+/m0/s1. The van der Waals surface area contributed by atoms with Crippen LogP contribution >= 0.6 is 0 Å². The summed E-state index contributed by atoms with van der Waals surface area (Å²) in [5.41, 5.74) is -8.37. The molecule has 7 fully saturated rings. The summed E-state index contributed by atoms with van der Waals surface area (Å²) >= 11 is 0. The highest BCUT2D eigenvalue weighted by Gasteiger charge is 2.90. The van der Waals surface area contributed by atoms with E-state index < -0.39 is 124 Å². The summed E-state index contributed by atoms with van der Waals surface area (Å²) in [6.45, 7) is 15.5. The summed E-state index contributed by atoms with van der Waals surface area (Å²) in [6, 6.07) is -0.309. The van der Waals surface area contributed by atoms with E-state index in [0.29, 0.717) is 31.8 Å². The molecule has 0 aromatic heterocycles. The third-order valence-corrected chi connectivity index (χ3v) is 16.0. The molecular weight excluding hydrogens is 730 g/mol. The highest BCUT2D eigenvalue weighted by atomic mass is 16.7. The Kier molecular flexibility index (Phi) is 10.1. The number of rotatable bonds is 8. The minimum atomic E-state index is -2.38. The fourth-order valence-electron chi connectivity index (χ4n) is 13.1. The number of piperidine rings is 2. The molecule has 19 atom stereocenters. The van der Waals surface area contributed by atoms with Crippen LogP contribution in [0.2, 0.25) is 0 Å². The van der Waals surface area contributed by atoms with Gasteiger partial charge in [-0.25, -0.2) is 4.79 Å². The molecule has 1 unspecified atom stereocenters. The van der Waals surface area contributed by atoms with Crippen LogP contribution < -0.4 is 0 Å². The molecule has 0 aromatic rings. The van der Waals surface area contributed by atoms with Crippen LogP contribution in [0.3, 0.4) is 0 Å². The topological polar surface area (TPSA) is 219 Å². The monoisotopic (exact) mass is 793 g/mol. The van der Waals surface area contributed by atoms with Gasteiger partial charge in [0.15, 0.2) is 17.8 Å². The number of esters is 4. The first-order chi connectivity index (χ1) is 26.0. The molecule has 15 heteroatoms. The van der Waals surface area contributed by atoms with Crippen molar-refractivity contribution in [2.24, 2.45) is 46.8 Å². The lowest BCUT2D eigenvalue weighted by molar-refractivity contribution is -0.301. The average molecular weight is 794 g/mol. The van der Waals surface area contributed by atoms with Crippen molar-refractivity contribution in [2.45, 2.75) is 172 Å². The third kappa shape index (κ3) is 5.60. The second-order valence-corrected chi connectivity index (χ2v) is 19.2. The highest BCUT2D eigenvalue weighted by Crippen LogP contribution is 2.78. The number of hydrogen-bond donors (Lipinski definition) is 5.